The molecule has 0 saturated carbocycles. The van der Waals surface area contributed by atoms with Crippen LogP contribution in [0.3, 0.4) is 0 Å². The van der Waals surface area contributed by atoms with Gasteiger partial charge in [0.15, 0.2) is 0 Å². The smallest absolute Gasteiger partial charge is 0.146 e. The van der Waals surface area contributed by atoms with E-state index in [0.29, 0.717) is 0 Å². The van der Waals surface area contributed by atoms with Gasteiger partial charge in [0, 0.05) is 19.3 Å². The molecule has 3 heterocycles. The number of hydrogen-bond donors (Lipinski definition) is 1. The van der Waals surface area contributed by atoms with E-state index in [1.165, 1.54) is 19.3 Å². The van der Waals surface area contributed by atoms with Crippen LogP contribution in [0.5, 0.6) is 0 Å². The number of benzene rings is 1. The highest BCUT2D eigenvalue weighted by Gasteiger charge is 2.22. The van der Waals surface area contributed by atoms with Crippen LogP contribution in [-0.4, -0.2) is 34.1 Å². The van der Waals surface area contributed by atoms with Crippen LogP contribution in [0.4, 0.5) is 11.6 Å². The van der Waals surface area contributed by atoms with Gasteiger partial charge in [0.05, 0.1) is 23.2 Å². The number of hydrogen-bond acceptors (Lipinski definition) is 5. The number of hydrazone groups is 1. The van der Waals surface area contributed by atoms with Gasteiger partial charge in [-0.2, -0.15) is 10.2 Å². The topological polar surface area (TPSA) is 58.3 Å². The highest BCUT2D eigenvalue weighted by molar-refractivity contribution is 5.89. The Morgan fingerprint density at radius 3 is 2.52 bits per heavy atom. The van der Waals surface area contributed by atoms with E-state index in [0.717, 1.165) is 41.7 Å². The number of rotatable bonds is 5. The van der Waals surface area contributed by atoms with Gasteiger partial charge < -0.3 is 4.90 Å². The van der Waals surface area contributed by atoms with Gasteiger partial charge in [-0.25, -0.2) is 9.67 Å². The van der Waals surface area contributed by atoms with Crippen molar-refractivity contribution in [2.24, 2.45) is 5.10 Å². The van der Waals surface area contributed by atoms with E-state index in [-0.39, 0.29) is 0 Å². The van der Waals surface area contributed by atoms with Crippen molar-refractivity contribution in [1.82, 2.24) is 14.8 Å². The van der Waals surface area contributed by atoms with Gasteiger partial charge in [-0.05, 0) is 50.5 Å². The Bertz CT molecular complexity index is 895. The van der Waals surface area contributed by atoms with E-state index >= 15 is 0 Å². The molecule has 0 bridgehead atoms. The standard InChI is InChI=1S/C21H24N6/c1-17-19(16-23-24-20-12-6-7-13-22-20)21(26-14-8-3-9-15-26)27(25-17)18-10-4-2-5-11-18/h2,4-7,10-13,16H,3,8-9,14-15H2,1H3,(H,22,24). The summed E-state index contributed by atoms with van der Waals surface area (Å²) in [4.78, 5) is 6.67. The molecule has 4 rings (SSSR count). The summed E-state index contributed by atoms with van der Waals surface area (Å²) in [5.74, 6) is 1.84. The van der Waals surface area contributed by atoms with Crippen LogP contribution in [0.25, 0.3) is 5.69 Å². The second-order valence-electron chi connectivity index (χ2n) is 6.70. The molecule has 27 heavy (non-hydrogen) atoms. The molecule has 6 heteroatoms. The Hall–Kier alpha value is -3.15. The van der Waals surface area contributed by atoms with Gasteiger partial charge in [-0.15, -0.1) is 0 Å². The Balaban J connectivity index is 1.70. The van der Waals surface area contributed by atoms with Crippen LogP contribution >= 0.6 is 0 Å². The number of para-hydroxylation sites is 1. The van der Waals surface area contributed by atoms with Crippen molar-refractivity contribution in [3.63, 3.8) is 0 Å². The average molecular weight is 360 g/mol. The third-order valence-electron chi connectivity index (χ3n) is 4.78. The second kappa shape index (κ2) is 8.03. The summed E-state index contributed by atoms with van der Waals surface area (Å²) >= 11 is 0. The van der Waals surface area contributed by atoms with Crippen LogP contribution in [-0.2, 0) is 0 Å². The molecule has 1 saturated heterocycles. The zero-order chi connectivity index (χ0) is 18.5. The monoisotopic (exact) mass is 360 g/mol. The summed E-state index contributed by atoms with van der Waals surface area (Å²) < 4.78 is 2.04. The minimum Gasteiger partial charge on any atom is -0.356 e. The molecular weight excluding hydrogens is 336 g/mol. The van der Waals surface area contributed by atoms with E-state index in [2.05, 4.69) is 32.5 Å². The fraction of sp³-hybridized carbons (Fsp3) is 0.286. The van der Waals surface area contributed by atoms with Gasteiger partial charge in [0.2, 0.25) is 0 Å². The average Bonchev–Trinajstić information content (AvgIpc) is 3.06. The lowest BCUT2D eigenvalue weighted by Gasteiger charge is -2.29. The molecule has 6 nitrogen and oxygen atoms in total. The Kier molecular flexibility index (Phi) is 5.14. The molecule has 1 aromatic carbocycles. The summed E-state index contributed by atoms with van der Waals surface area (Å²) in [6, 6.07) is 16.0. The fourth-order valence-corrected chi connectivity index (χ4v) is 3.43. The molecule has 0 aliphatic carbocycles. The van der Waals surface area contributed by atoms with Crippen LogP contribution in [0.15, 0.2) is 59.8 Å². The normalized spacial score (nSPS) is 14.6. The van der Waals surface area contributed by atoms with Crippen molar-refractivity contribution < 1.29 is 0 Å². The van der Waals surface area contributed by atoms with Gasteiger partial charge in [-0.1, -0.05) is 24.3 Å². The largest absolute Gasteiger partial charge is 0.356 e. The number of aromatic nitrogens is 3. The number of piperidine rings is 1. The minimum atomic E-state index is 0.723. The molecule has 138 valence electrons. The molecule has 0 amide bonds. The maximum Gasteiger partial charge on any atom is 0.146 e. The van der Waals surface area contributed by atoms with E-state index in [9.17, 15) is 0 Å². The van der Waals surface area contributed by atoms with Crippen molar-refractivity contribution in [3.05, 3.63) is 66.0 Å². The lowest BCUT2D eigenvalue weighted by atomic mass is 10.1. The van der Waals surface area contributed by atoms with E-state index in [1.54, 1.807) is 6.20 Å². The highest BCUT2D eigenvalue weighted by atomic mass is 15.4. The van der Waals surface area contributed by atoms with Gasteiger partial charge in [0.25, 0.3) is 0 Å². The molecular formula is C21H24N6. The SMILES string of the molecule is Cc1nn(-c2ccccc2)c(N2CCCCC2)c1C=NNc1ccccn1. The number of aryl methyl sites for hydroxylation is 1. The molecule has 1 N–H and O–H groups in total. The van der Waals surface area contributed by atoms with Crippen molar-refractivity contribution >= 4 is 17.9 Å². The van der Waals surface area contributed by atoms with Crippen LogP contribution in [0.1, 0.15) is 30.5 Å². The maximum absolute atomic E-state index is 4.82. The molecule has 0 unspecified atom stereocenters. The number of nitrogens with one attached hydrogen (secondary N) is 1. The first kappa shape index (κ1) is 17.3. The molecule has 0 radical (unpaired) electrons. The third-order valence-corrected chi connectivity index (χ3v) is 4.78. The van der Waals surface area contributed by atoms with E-state index < -0.39 is 0 Å². The van der Waals surface area contributed by atoms with Gasteiger partial charge in [-0.3, -0.25) is 5.43 Å². The zero-order valence-electron chi connectivity index (χ0n) is 15.5. The predicted octanol–water partition coefficient (Wildman–Crippen LogP) is 4.01. The lowest BCUT2D eigenvalue weighted by molar-refractivity contribution is 0.567. The minimum absolute atomic E-state index is 0.723. The van der Waals surface area contributed by atoms with Crippen LogP contribution < -0.4 is 10.3 Å². The summed E-state index contributed by atoms with van der Waals surface area (Å²) in [5.41, 5.74) is 6.08. The number of pyridine rings is 1. The third kappa shape index (κ3) is 3.84. The maximum atomic E-state index is 4.82. The van der Waals surface area contributed by atoms with Gasteiger partial charge in [0.1, 0.15) is 11.6 Å². The molecule has 1 aliphatic rings. The Morgan fingerprint density at radius 2 is 1.78 bits per heavy atom. The molecule has 1 fully saturated rings. The predicted molar refractivity (Wildman–Crippen MR) is 110 cm³/mol. The summed E-state index contributed by atoms with van der Waals surface area (Å²) in [6.45, 7) is 4.13. The Morgan fingerprint density at radius 1 is 1.00 bits per heavy atom. The van der Waals surface area contributed by atoms with Gasteiger partial charge >= 0.3 is 0 Å². The zero-order valence-corrected chi connectivity index (χ0v) is 15.5. The van der Waals surface area contributed by atoms with E-state index in [4.69, 9.17) is 5.10 Å². The lowest BCUT2D eigenvalue weighted by Crippen LogP contribution is -2.32. The highest BCUT2D eigenvalue weighted by Crippen LogP contribution is 2.28. The molecule has 1 aliphatic heterocycles. The fourth-order valence-electron chi connectivity index (χ4n) is 3.43. The molecule has 0 atom stereocenters. The first-order valence-electron chi connectivity index (χ1n) is 9.43. The second-order valence-corrected chi connectivity index (χ2v) is 6.70. The first-order valence-corrected chi connectivity index (χ1v) is 9.43. The summed E-state index contributed by atoms with van der Waals surface area (Å²) in [5, 5.41) is 9.24. The van der Waals surface area contributed by atoms with Crippen molar-refractivity contribution in [1.29, 1.82) is 0 Å². The molecule has 3 aromatic rings. The first-order chi connectivity index (χ1) is 13.3. The van der Waals surface area contributed by atoms with E-state index in [1.807, 2.05) is 54.2 Å². The molecule has 2 aromatic heterocycles. The summed E-state index contributed by atoms with van der Waals surface area (Å²) in [6.07, 6.45) is 7.32. The Labute approximate surface area is 159 Å². The quantitative estimate of drug-likeness (QED) is 0.552. The number of anilines is 2. The van der Waals surface area contributed by atoms with Crippen LogP contribution in [0, 0.1) is 6.92 Å². The molecule has 0 spiro atoms. The number of nitrogens with zero attached hydrogens (tertiary/aromatic N) is 5. The van der Waals surface area contributed by atoms with Crippen molar-refractivity contribution in [2.45, 2.75) is 26.2 Å². The van der Waals surface area contributed by atoms with Crippen molar-refractivity contribution in [2.75, 3.05) is 23.4 Å². The van der Waals surface area contributed by atoms with Crippen LogP contribution in [0.2, 0.25) is 0 Å². The summed E-state index contributed by atoms with van der Waals surface area (Å²) in [7, 11) is 0. The van der Waals surface area contributed by atoms with Crippen molar-refractivity contribution in [3.8, 4) is 5.69 Å².